The molecule has 1 fully saturated rings. The Morgan fingerprint density at radius 2 is 1.74 bits per heavy atom. The zero-order chi connectivity index (χ0) is 21.8. The van der Waals surface area contributed by atoms with Gasteiger partial charge in [-0.15, -0.1) is 0 Å². The molecule has 0 aliphatic carbocycles. The summed E-state index contributed by atoms with van der Waals surface area (Å²) in [5.41, 5.74) is 4.12. The average Bonchev–Trinajstić information content (AvgIpc) is 2.80. The second-order valence-electron chi connectivity index (χ2n) is 8.11. The van der Waals surface area contributed by atoms with E-state index in [0.717, 1.165) is 36.9 Å². The summed E-state index contributed by atoms with van der Waals surface area (Å²) in [6, 6.07) is 26.6. The molecule has 2 atom stereocenters. The molecule has 1 aliphatic heterocycles. The lowest BCUT2D eigenvalue weighted by atomic mass is 9.97. The molecule has 0 radical (unpaired) electrons. The molecule has 3 aromatic carbocycles. The molecule has 0 N–H and O–H groups in total. The van der Waals surface area contributed by atoms with Crippen LogP contribution in [0.2, 0.25) is 10.0 Å². The van der Waals surface area contributed by atoms with Crippen LogP contribution in [-0.2, 0) is 0 Å². The fourth-order valence-electron chi connectivity index (χ4n) is 4.35. The summed E-state index contributed by atoms with van der Waals surface area (Å²) < 4.78 is 0. The van der Waals surface area contributed by atoms with Gasteiger partial charge in [0.2, 0.25) is 0 Å². The van der Waals surface area contributed by atoms with Crippen LogP contribution in [0.3, 0.4) is 0 Å². The Hall–Kier alpha value is -2.51. The minimum absolute atomic E-state index is 0.152. The Morgan fingerprint density at radius 3 is 2.42 bits per heavy atom. The predicted octanol–water partition coefficient (Wildman–Crippen LogP) is 6.53. The van der Waals surface area contributed by atoms with Crippen molar-refractivity contribution in [3.05, 3.63) is 99.5 Å². The Labute approximate surface area is 194 Å². The van der Waals surface area contributed by atoms with Gasteiger partial charge in [0.1, 0.15) is 0 Å². The molecular formula is C26H25Cl2N3. The van der Waals surface area contributed by atoms with E-state index in [0.29, 0.717) is 16.5 Å². The number of nitrogens with zero attached hydrogens (tertiary/aromatic N) is 3. The lowest BCUT2D eigenvalue weighted by Crippen LogP contribution is -2.49. The molecule has 3 aromatic rings. The van der Waals surface area contributed by atoms with Crippen molar-refractivity contribution in [3.63, 3.8) is 0 Å². The first-order chi connectivity index (χ1) is 15.0. The smallest absolute Gasteiger partial charge is 0.0992 e. The largest absolute Gasteiger partial charge is 0.361 e. The first-order valence-electron chi connectivity index (χ1n) is 10.5. The first-order valence-corrected chi connectivity index (χ1v) is 11.3. The number of rotatable bonds is 5. The normalized spacial score (nSPS) is 17.9. The molecule has 1 aliphatic rings. The zero-order valence-electron chi connectivity index (χ0n) is 17.5. The van der Waals surface area contributed by atoms with Crippen LogP contribution in [0.4, 0.5) is 5.69 Å². The zero-order valence-corrected chi connectivity index (χ0v) is 19.0. The fraction of sp³-hybridized carbons (Fsp3) is 0.269. The van der Waals surface area contributed by atoms with Gasteiger partial charge in [-0.2, -0.15) is 5.26 Å². The van der Waals surface area contributed by atoms with E-state index in [2.05, 4.69) is 65.3 Å². The van der Waals surface area contributed by atoms with E-state index in [1.165, 1.54) is 11.1 Å². The van der Waals surface area contributed by atoms with Crippen LogP contribution < -0.4 is 4.90 Å². The second-order valence-corrected chi connectivity index (χ2v) is 8.95. The first kappa shape index (κ1) is 21.7. The van der Waals surface area contributed by atoms with E-state index in [-0.39, 0.29) is 6.04 Å². The van der Waals surface area contributed by atoms with Crippen LogP contribution in [0.15, 0.2) is 72.8 Å². The van der Waals surface area contributed by atoms with Crippen molar-refractivity contribution < 1.29 is 0 Å². The number of nitriles is 1. The van der Waals surface area contributed by atoms with Gasteiger partial charge in [-0.05, 0) is 47.4 Å². The predicted molar refractivity (Wildman–Crippen MR) is 129 cm³/mol. The second kappa shape index (κ2) is 9.75. The van der Waals surface area contributed by atoms with Crippen LogP contribution in [0.1, 0.15) is 35.6 Å². The summed E-state index contributed by atoms with van der Waals surface area (Å²) in [5, 5.41) is 10.5. The topological polar surface area (TPSA) is 30.3 Å². The van der Waals surface area contributed by atoms with Crippen LogP contribution >= 0.6 is 23.2 Å². The van der Waals surface area contributed by atoms with Gasteiger partial charge in [0, 0.05) is 31.2 Å². The quantitative estimate of drug-likeness (QED) is 0.443. The lowest BCUT2D eigenvalue weighted by molar-refractivity contribution is 0.214. The highest BCUT2D eigenvalue weighted by Crippen LogP contribution is 2.36. The summed E-state index contributed by atoms with van der Waals surface area (Å²) in [7, 11) is 0. The monoisotopic (exact) mass is 449 g/mol. The van der Waals surface area contributed by atoms with Gasteiger partial charge >= 0.3 is 0 Å². The maximum atomic E-state index is 9.19. The molecule has 1 heterocycles. The van der Waals surface area contributed by atoms with Gasteiger partial charge in [0.05, 0.1) is 28.4 Å². The van der Waals surface area contributed by atoms with Crippen LogP contribution in [0, 0.1) is 11.3 Å². The highest BCUT2D eigenvalue weighted by molar-refractivity contribution is 6.33. The van der Waals surface area contributed by atoms with Crippen molar-refractivity contribution in [2.24, 2.45) is 0 Å². The Kier molecular flexibility index (Phi) is 6.83. The number of hydrogen-bond donors (Lipinski definition) is 0. The van der Waals surface area contributed by atoms with Gasteiger partial charge in [-0.1, -0.05) is 72.6 Å². The Morgan fingerprint density at radius 1 is 1.00 bits per heavy atom. The molecule has 3 nitrogen and oxygen atoms in total. The van der Waals surface area contributed by atoms with Crippen LogP contribution in [0.5, 0.6) is 0 Å². The Bertz CT molecular complexity index is 1060. The molecular weight excluding hydrogens is 425 g/mol. The minimum atomic E-state index is 0.152. The highest BCUT2D eigenvalue weighted by Gasteiger charge is 2.30. The van der Waals surface area contributed by atoms with E-state index in [4.69, 9.17) is 23.2 Å². The van der Waals surface area contributed by atoms with Crippen molar-refractivity contribution in [3.8, 4) is 6.07 Å². The van der Waals surface area contributed by atoms with Crippen molar-refractivity contribution in [1.29, 1.82) is 5.26 Å². The molecule has 5 heteroatoms. The molecule has 0 spiro atoms. The van der Waals surface area contributed by atoms with Gasteiger partial charge < -0.3 is 4.90 Å². The summed E-state index contributed by atoms with van der Waals surface area (Å²) in [4.78, 5) is 4.89. The summed E-state index contributed by atoms with van der Waals surface area (Å²) in [6.07, 6.45) is 0. The SMILES string of the molecule is C[C@@H](CN1CCN(c2ccc(C#N)cc2Cl)C(c2ccc(Cl)cc2)C1)c1ccccc1. The molecule has 158 valence electrons. The molecule has 4 rings (SSSR count). The van der Waals surface area contributed by atoms with Gasteiger partial charge in [0.15, 0.2) is 0 Å². The van der Waals surface area contributed by atoms with Gasteiger partial charge in [-0.25, -0.2) is 0 Å². The van der Waals surface area contributed by atoms with E-state index in [1.807, 2.05) is 24.3 Å². The summed E-state index contributed by atoms with van der Waals surface area (Å²) in [6.45, 7) is 6.01. The van der Waals surface area contributed by atoms with Crippen molar-refractivity contribution in [2.75, 3.05) is 31.1 Å². The number of hydrogen-bond acceptors (Lipinski definition) is 3. The number of anilines is 1. The molecule has 0 aromatic heterocycles. The van der Waals surface area contributed by atoms with Crippen molar-refractivity contribution >= 4 is 28.9 Å². The average molecular weight is 450 g/mol. The third-order valence-electron chi connectivity index (χ3n) is 6.01. The number of halogens is 2. The molecule has 0 bridgehead atoms. The molecule has 1 saturated heterocycles. The van der Waals surface area contributed by atoms with E-state index < -0.39 is 0 Å². The lowest BCUT2D eigenvalue weighted by Gasteiger charge is -2.44. The maximum absolute atomic E-state index is 9.19. The molecule has 1 unspecified atom stereocenters. The third kappa shape index (κ3) is 5.05. The molecule has 0 saturated carbocycles. The number of piperazine rings is 1. The molecule has 31 heavy (non-hydrogen) atoms. The minimum Gasteiger partial charge on any atom is -0.361 e. The van der Waals surface area contributed by atoms with Crippen LogP contribution in [-0.4, -0.2) is 31.1 Å². The van der Waals surface area contributed by atoms with E-state index in [1.54, 1.807) is 6.07 Å². The van der Waals surface area contributed by atoms with Crippen LogP contribution in [0.25, 0.3) is 0 Å². The Balaban J connectivity index is 1.60. The van der Waals surface area contributed by atoms with Gasteiger partial charge in [0.25, 0.3) is 0 Å². The van der Waals surface area contributed by atoms with Crippen molar-refractivity contribution in [1.82, 2.24) is 4.90 Å². The fourth-order valence-corrected chi connectivity index (χ4v) is 4.76. The maximum Gasteiger partial charge on any atom is 0.0992 e. The highest BCUT2D eigenvalue weighted by atomic mass is 35.5. The van der Waals surface area contributed by atoms with Crippen molar-refractivity contribution in [2.45, 2.75) is 18.9 Å². The van der Waals surface area contributed by atoms with Gasteiger partial charge in [-0.3, -0.25) is 4.90 Å². The molecule has 0 amide bonds. The third-order valence-corrected chi connectivity index (χ3v) is 6.56. The van der Waals surface area contributed by atoms with E-state index in [9.17, 15) is 5.26 Å². The van der Waals surface area contributed by atoms with E-state index >= 15 is 0 Å². The summed E-state index contributed by atoms with van der Waals surface area (Å²) >= 11 is 12.7. The standard InChI is InChI=1S/C26H25Cl2N3/c1-19(21-5-3-2-4-6-21)17-30-13-14-31(25-12-7-20(16-29)15-24(25)28)26(18-30)22-8-10-23(27)11-9-22/h2-12,15,19,26H,13-14,17-18H2,1H3/t19-,26?/m0/s1. The summed E-state index contributed by atoms with van der Waals surface area (Å²) in [5.74, 6) is 0.456. The number of benzene rings is 3.